The van der Waals surface area contributed by atoms with Gasteiger partial charge in [0.15, 0.2) is 0 Å². The van der Waals surface area contributed by atoms with E-state index in [1.165, 1.54) is 21.9 Å². The molecule has 3 rings (SSSR count). The second-order valence-corrected chi connectivity index (χ2v) is 6.73. The van der Waals surface area contributed by atoms with E-state index in [1.54, 1.807) is 12.1 Å². The van der Waals surface area contributed by atoms with Crippen molar-refractivity contribution in [3.63, 3.8) is 0 Å². The molecule has 1 aliphatic heterocycles. The zero-order chi connectivity index (χ0) is 18.0. The maximum Gasteiger partial charge on any atom is 0.237 e. The van der Waals surface area contributed by atoms with Crippen LogP contribution in [0.15, 0.2) is 24.3 Å². The predicted octanol–water partition coefficient (Wildman–Crippen LogP) is 1.44. The molecule has 2 aliphatic rings. The first-order chi connectivity index (χ1) is 12.0. The number of anilines is 1. The molecule has 7 heteroatoms. The molecule has 0 aromatic heterocycles. The topological polar surface area (TPSA) is 83.7 Å². The van der Waals surface area contributed by atoms with Crippen LogP contribution in [0, 0.1) is 11.7 Å². The fraction of sp³-hybridized carbons (Fsp3) is 0.500. The number of para-hydroxylation sites is 1. The van der Waals surface area contributed by atoms with Crippen molar-refractivity contribution in [3.05, 3.63) is 30.1 Å². The Balaban J connectivity index is 1.76. The van der Waals surface area contributed by atoms with Crippen LogP contribution in [-0.4, -0.2) is 41.8 Å². The third-order valence-electron chi connectivity index (χ3n) is 4.99. The minimum Gasteiger partial charge on any atom is -0.368 e. The van der Waals surface area contributed by atoms with E-state index in [-0.39, 0.29) is 43.1 Å². The minimum atomic E-state index is -0.577. The Hall–Kier alpha value is -2.44. The summed E-state index contributed by atoms with van der Waals surface area (Å²) in [7, 11) is 0. The molecule has 1 saturated heterocycles. The van der Waals surface area contributed by atoms with Gasteiger partial charge in [0, 0.05) is 19.0 Å². The van der Waals surface area contributed by atoms with Crippen molar-refractivity contribution in [3.8, 4) is 0 Å². The maximum atomic E-state index is 14.0. The van der Waals surface area contributed by atoms with Crippen LogP contribution >= 0.6 is 0 Å². The molecule has 1 unspecified atom stereocenters. The van der Waals surface area contributed by atoms with Crippen LogP contribution in [0.4, 0.5) is 10.1 Å². The molecule has 2 fully saturated rings. The first-order valence-electron chi connectivity index (χ1n) is 8.61. The fourth-order valence-corrected chi connectivity index (χ4v) is 3.78. The molecular weight excluding hydrogens is 325 g/mol. The number of carbonyl (C=O) groups is 3. The number of primary amides is 1. The van der Waals surface area contributed by atoms with Gasteiger partial charge >= 0.3 is 0 Å². The lowest BCUT2D eigenvalue weighted by atomic mass is 10.0. The Morgan fingerprint density at radius 3 is 2.56 bits per heavy atom. The van der Waals surface area contributed by atoms with Crippen LogP contribution < -0.4 is 10.6 Å². The molecule has 0 bridgehead atoms. The summed E-state index contributed by atoms with van der Waals surface area (Å²) in [5, 5.41) is 0. The second kappa shape index (κ2) is 7.21. The Morgan fingerprint density at radius 2 is 1.92 bits per heavy atom. The second-order valence-electron chi connectivity index (χ2n) is 6.73. The Labute approximate surface area is 145 Å². The monoisotopic (exact) mass is 347 g/mol. The van der Waals surface area contributed by atoms with Crippen molar-refractivity contribution >= 4 is 23.4 Å². The number of amides is 3. The van der Waals surface area contributed by atoms with Crippen molar-refractivity contribution in [2.45, 2.75) is 38.1 Å². The number of benzene rings is 1. The molecule has 6 nitrogen and oxygen atoms in total. The maximum absolute atomic E-state index is 14.0. The molecule has 1 aromatic rings. The standard InChI is InChI=1S/C18H22FN3O3/c19-14-7-3-4-8-15(14)22-10-12(9-17(22)24)18(25)21(11-16(20)23)13-5-1-2-6-13/h3-4,7-8,12-13H,1-2,5-6,9-11H2,(H2,20,23). The summed E-state index contributed by atoms with van der Waals surface area (Å²) in [5.41, 5.74) is 5.49. The summed E-state index contributed by atoms with van der Waals surface area (Å²) in [6.45, 7) is -0.00549. The number of rotatable bonds is 5. The number of halogens is 1. The molecule has 134 valence electrons. The number of nitrogens with zero attached hydrogens (tertiary/aromatic N) is 2. The van der Waals surface area contributed by atoms with Gasteiger partial charge in [-0.05, 0) is 25.0 Å². The number of nitrogens with two attached hydrogens (primary N) is 1. The molecule has 1 aliphatic carbocycles. The van der Waals surface area contributed by atoms with E-state index >= 15 is 0 Å². The largest absolute Gasteiger partial charge is 0.368 e. The van der Waals surface area contributed by atoms with E-state index in [0.29, 0.717) is 0 Å². The van der Waals surface area contributed by atoms with Gasteiger partial charge in [0.25, 0.3) is 0 Å². The van der Waals surface area contributed by atoms with Crippen LogP contribution in [0.1, 0.15) is 32.1 Å². The average molecular weight is 347 g/mol. The summed E-state index contributed by atoms with van der Waals surface area (Å²) in [5.74, 6) is -2.15. The van der Waals surface area contributed by atoms with E-state index < -0.39 is 17.6 Å². The first-order valence-corrected chi connectivity index (χ1v) is 8.61. The molecule has 1 heterocycles. The predicted molar refractivity (Wildman–Crippen MR) is 90.0 cm³/mol. The van der Waals surface area contributed by atoms with Gasteiger partial charge in [-0.2, -0.15) is 0 Å². The van der Waals surface area contributed by atoms with E-state index in [2.05, 4.69) is 0 Å². The Kier molecular flexibility index (Phi) is 5.01. The van der Waals surface area contributed by atoms with Gasteiger partial charge in [0.1, 0.15) is 5.82 Å². The first kappa shape index (κ1) is 17.4. The summed E-state index contributed by atoms with van der Waals surface area (Å²) in [4.78, 5) is 39.4. The van der Waals surface area contributed by atoms with E-state index in [4.69, 9.17) is 5.73 Å². The van der Waals surface area contributed by atoms with Gasteiger partial charge in [0.2, 0.25) is 17.7 Å². The van der Waals surface area contributed by atoms with Crippen LogP contribution in [0.5, 0.6) is 0 Å². The van der Waals surface area contributed by atoms with E-state index in [0.717, 1.165) is 25.7 Å². The van der Waals surface area contributed by atoms with Gasteiger partial charge in [-0.3, -0.25) is 14.4 Å². The van der Waals surface area contributed by atoms with Crippen LogP contribution in [0.3, 0.4) is 0 Å². The third-order valence-corrected chi connectivity index (χ3v) is 4.99. The number of carbonyl (C=O) groups excluding carboxylic acids is 3. The van der Waals surface area contributed by atoms with Crippen LogP contribution in [0.25, 0.3) is 0 Å². The normalized spacial score (nSPS) is 20.9. The van der Waals surface area contributed by atoms with Gasteiger partial charge in [-0.15, -0.1) is 0 Å². The lowest BCUT2D eigenvalue weighted by molar-refractivity contribution is -0.141. The highest BCUT2D eigenvalue weighted by molar-refractivity contribution is 6.00. The summed E-state index contributed by atoms with van der Waals surface area (Å²) in [6, 6.07) is 6.02. The smallest absolute Gasteiger partial charge is 0.237 e. The number of hydrogen-bond donors (Lipinski definition) is 1. The van der Waals surface area contributed by atoms with E-state index in [1.807, 2.05) is 0 Å². The van der Waals surface area contributed by atoms with Gasteiger partial charge in [-0.25, -0.2) is 4.39 Å². The minimum absolute atomic E-state index is 0.00221. The summed E-state index contributed by atoms with van der Waals surface area (Å²) in [6.07, 6.45) is 3.74. The average Bonchev–Trinajstić information content (AvgIpc) is 3.22. The molecule has 3 amide bonds. The van der Waals surface area contributed by atoms with Crippen molar-refractivity contribution in [2.75, 3.05) is 18.0 Å². The quantitative estimate of drug-likeness (QED) is 0.875. The summed E-state index contributed by atoms with van der Waals surface area (Å²) >= 11 is 0. The Morgan fingerprint density at radius 1 is 1.24 bits per heavy atom. The molecule has 1 aromatic carbocycles. The van der Waals surface area contributed by atoms with Crippen molar-refractivity contribution < 1.29 is 18.8 Å². The zero-order valence-electron chi connectivity index (χ0n) is 14.0. The molecule has 25 heavy (non-hydrogen) atoms. The lowest BCUT2D eigenvalue weighted by Gasteiger charge is -2.30. The highest BCUT2D eigenvalue weighted by Crippen LogP contribution is 2.30. The Bertz CT molecular complexity index is 688. The molecule has 0 spiro atoms. The zero-order valence-corrected chi connectivity index (χ0v) is 14.0. The van der Waals surface area contributed by atoms with Gasteiger partial charge in [-0.1, -0.05) is 25.0 Å². The van der Waals surface area contributed by atoms with Crippen molar-refractivity contribution in [1.82, 2.24) is 4.90 Å². The lowest BCUT2D eigenvalue weighted by Crippen LogP contribution is -2.47. The van der Waals surface area contributed by atoms with Gasteiger partial charge in [0.05, 0.1) is 18.2 Å². The molecule has 1 atom stereocenters. The van der Waals surface area contributed by atoms with Crippen molar-refractivity contribution in [1.29, 1.82) is 0 Å². The van der Waals surface area contributed by atoms with Crippen LogP contribution in [-0.2, 0) is 14.4 Å². The molecule has 2 N–H and O–H groups in total. The third kappa shape index (κ3) is 3.65. The highest BCUT2D eigenvalue weighted by atomic mass is 19.1. The van der Waals surface area contributed by atoms with Crippen molar-refractivity contribution in [2.24, 2.45) is 11.7 Å². The SMILES string of the molecule is NC(=O)CN(C(=O)C1CC(=O)N(c2ccccc2F)C1)C1CCCC1. The molecule has 0 radical (unpaired) electrons. The highest BCUT2D eigenvalue weighted by Gasteiger charge is 2.40. The van der Waals surface area contributed by atoms with Gasteiger partial charge < -0.3 is 15.5 Å². The molecule has 1 saturated carbocycles. The van der Waals surface area contributed by atoms with E-state index in [9.17, 15) is 18.8 Å². The molecular formula is C18H22FN3O3. The number of hydrogen-bond acceptors (Lipinski definition) is 3. The summed E-state index contributed by atoms with van der Waals surface area (Å²) < 4.78 is 14.0. The fourth-order valence-electron chi connectivity index (χ4n) is 3.78. The van der Waals surface area contributed by atoms with Crippen LogP contribution in [0.2, 0.25) is 0 Å².